The van der Waals surface area contributed by atoms with Crippen LogP contribution in [-0.2, 0) is 4.79 Å². The van der Waals surface area contributed by atoms with Crippen molar-refractivity contribution >= 4 is 34.8 Å². The fraction of sp³-hybridized carbons (Fsp3) is 0.263. The van der Waals surface area contributed by atoms with Gasteiger partial charge in [-0.25, -0.2) is 0 Å². The van der Waals surface area contributed by atoms with Crippen LogP contribution >= 0.6 is 11.6 Å². The average Bonchev–Trinajstić information content (AvgIpc) is 2.84. The maximum absolute atomic E-state index is 12.7. The number of anilines is 2. The Kier molecular flexibility index (Phi) is 5.32. The van der Waals surface area contributed by atoms with Gasteiger partial charge in [0.05, 0.1) is 18.2 Å². The zero-order valence-electron chi connectivity index (χ0n) is 14.5. The lowest BCUT2D eigenvalue weighted by molar-refractivity contribution is -0.114. The molecule has 1 aliphatic rings. The third-order valence-electron chi connectivity index (χ3n) is 3.96. The molecule has 2 amide bonds. The Bertz CT molecular complexity index is 867. The SMILES string of the molecule is CC(=O)Nc1cccc(NC(=O)c2cc(Cl)c3c(c2)OCCCO3)c1C. The van der Waals surface area contributed by atoms with Crippen molar-refractivity contribution in [1.82, 2.24) is 0 Å². The monoisotopic (exact) mass is 374 g/mol. The van der Waals surface area contributed by atoms with E-state index in [1.54, 1.807) is 30.3 Å². The highest BCUT2D eigenvalue weighted by molar-refractivity contribution is 6.32. The van der Waals surface area contributed by atoms with Gasteiger partial charge in [0.15, 0.2) is 11.5 Å². The minimum Gasteiger partial charge on any atom is -0.489 e. The van der Waals surface area contributed by atoms with Crippen molar-refractivity contribution < 1.29 is 19.1 Å². The molecule has 0 saturated carbocycles. The minimum atomic E-state index is -0.328. The number of amides is 2. The Morgan fingerprint density at radius 3 is 2.50 bits per heavy atom. The van der Waals surface area contributed by atoms with E-state index < -0.39 is 0 Å². The van der Waals surface area contributed by atoms with Crippen molar-refractivity contribution in [3.63, 3.8) is 0 Å². The first kappa shape index (κ1) is 18.1. The standard InChI is InChI=1S/C19H19ClN2O4/c1-11-15(21-12(2)23)5-3-6-16(11)22-19(24)13-9-14(20)18-17(10-13)25-7-4-8-26-18/h3,5-6,9-10H,4,7-8H2,1-2H3,(H,21,23)(H,22,24). The van der Waals surface area contributed by atoms with Crippen LogP contribution in [0.5, 0.6) is 11.5 Å². The summed E-state index contributed by atoms with van der Waals surface area (Å²) in [7, 11) is 0. The number of ether oxygens (including phenoxy) is 2. The highest BCUT2D eigenvalue weighted by atomic mass is 35.5. The molecule has 1 aliphatic heterocycles. The zero-order valence-corrected chi connectivity index (χ0v) is 15.3. The number of benzene rings is 2. The lowest BCUT2D eigenvalue weighted by atomic mass is 10.1. The summed E-state index contributed by atoms with van der Waals surface area (Å²) in [6, 6.07) is 8.47. The van der Waals surface area contributed by atoms with Crippen LogP contribution in [0.4, 0.5) is 11.4 Å². The Labute approximate surface area is 156 Å². The molecule has 0 unspecified atom stereocenters. The summed E-state index contributed by atoms with van der Waals surface area (Å²) in [5, 5.41) is 5.91. The number of rotatable bonds is 3. The van der Waals surface area contributed by atoms with Crippen molar-refractivity contribution in [2.75, 3.05) is 23.8 Å². The molecule has 0 saturated heterocycles. The van der Waals surface area contributed by atoms with Gasteiger partial charge < -0.3 is 20.1 Å². The third kappa shape index (κ3) is 3.91. The van der Waals surface area contributed by atoms with Crippen LogP contribution in [0.2, 0.25) is 5.02 Å². The highest BCUT2D eigenvalue weighted by Crippen LogP contribution is 2.38. The van der Waals surface area contributed by atoms with E-state index in [0.717, 1.165) is 12.0 Å². The van der Waals surface area contributed by atoms with Gasteiger partial charge >= 0.3 is 0 Å². The Morgan fingerprint density at radius 2 is 1.77 bits per heavy atom. The fourth-order valence-electron chi connectivity index (χ4n) is 2.65. The molecule has 0 spiro atoms. The van der Waals surface area contributed by atoms with Crippen LogP contribution in [0.15, 0.2) is 30.3 Å². The van der Waals surface area contributed by atoms with E-state index in [0.29, 0.717) is 46.7 Å². The van der Waals surface area contributed by atoms with E-state index in [1.165, 1.54) is 6.92 Å². The van der Waals surface area contributed by atoms with E-state index in [1.807, 2.05) is 6.92 Å². The van der Waals surface area contributed by atoms with Gasteiger partial charge in [-0.3, -0.25) is 9.59 Å². The predicted molar refractivity (Wildman–Crippen MR) is 100 cm³/mol. The second-order valence-electron chi connectivity index (χ2n) is 5.95. The van der Waals surface area contributed by atoms with E-state index in [9.17, 15) is 9.59 Å². The van der Waals surface area contributed by atoms with Crippen LogP contribution in [0, 0.1) is 6.92 Å². The first-order chi connectivity index (χ1) is 12.5. The van der Waals surface area contributed by atoms with Crippen molar-refractivity contribution in [1.29, 1.82) is 0 Å². The maximum Gasteiger partial charge on any atom is 0.255 e. The molecule has 2 aromatic carbocycles. The molecule has 3 rings (SSSR count). The fourth-order valence-corrected chi connectivity index (χ4v) is 2.92. The Morgan fingerprint density at radius 1 is 1.08 bits per heavy atom. The lowest BCUT2D eigenvalue weighted by Crippen LogP contribution is -2.14. The molecule has 2 aromatic rings. The number of hydrogen-bond donors (Lipinski definition) is 2. The van der Waals surface area contributed by atoms with Crippen LogP contribution in [0.1, 0.15) is 29.3 Å². The Balaban J connectivity index is 1.86. The van der Waals surface area contributed by atoms with Crippen LogP contribution in [-0.4, -0.2) is 25.0 Å². The summed E-state index contributed by atoms with van der Waals surface area (Å²) in [5.74, 6) is 0.422. The van der Waals surface area contributed by atoms with E-state index in [4.69, 9.17) is 21.1 Å². The molecule has 0 aromatic heterocycles. The molecule has 7 heteroatoms. The third-order valence-corrected chi connectivity index (χ3v) is 4.24. The van der Waals surface area contributed by atoms with Crippen LogP contribution in [0.25, 0.3) is 0 Å². The molecule has 1 heterocycles. The van der Waals surface area contributed by atoms with Crippen LogP contribution in [0.3, 0.4) is 0 Å². The number of halogens is 1. The normalized spacial score (nSPS) is 12.9. The summed E-state index contributed by atoms with van der Waals surface area (Å²) in [6.45, 7) is 4.28. The summed E-state index contributed by atoms with van der Waals surface area (Å²) in [4.78, 5) is 24.0. The van der Waals surface area contributed by atoms with Gasteiger partial charge in [0, 0.05) is 30.3 Å². The van der Waals surface area contributed by atoms with E-state index >= 15 is 0 Å². The molecule has 0 fully saturated rings. The summed E-state index contributed by atoms with van der Waals surface area (Å²) < 4.78 is 11.2. The van der Waals surface area contributed by atoms with Gasteiger partial charge in [0.1, 0.15) is 0 Å². The van der Waals surface area contributed by atoms with Crippen molar-refractivity contribution in [3.8, 4) is 11.5 Å². The van der Waals surface area contributed by atoms with E-state index in [-0.39, 0.29) is 11.8 Å². The van der Waals surface area contributed by atoms with Gasteiger partial charge in [-0.1, -0.05) is 17.7 Å². The molecule has 0 bridgehead atoms. The molecular formula is C19H19ClN2O4. The topological polar surface area (TPSA) is 76.7 Å². The first-order valence-corrected chi connectivity index (χ1v) is 8.61. The molecule has 0 atom stereocenters. The number of nitrogens with one attached hydrogen (secondary N) is 2. The summed E-state index contributed by atoms with van der Waals surface area (Å²) in [5.41, 5.74) is 2.37. The quantitative estimate of drug-likeness (QED) is 0.850. The molecule has 0 radical (unpaired) electrons. The smallest absolute Gasteiger partial charge is 0.255 e. The molecule has 0 aliphatic carbocycles. The molecule has 136 valence electrons. The zero-order chi connectivity index (χ0) is 18.7. The molecule has 26 heavy (non-hydrogen) atoms. The van der Waals surface area contributed by atoms with Gasteiger partial charge in [0.2, 0.25) is 5.91 Å². The number of hydrogen-bond acceptors (Lipinski definition) is 4. The van der Waals surface area contributed by atoms with Crippen LogP contribution < -0.4 is 20.1 Å². The Hall–Kier alpha value is -2.73. The van der Waals surface area contributed by atoms with Gasteiger partial charge in [0.25, 0.3) is 5.91 Å². The highest BCUT2D eigenvalue weighted by Gasteiger charge is 2.19. The van der Waals surface area contributed by atoms with Crippen molar-refractivity contribution in [3.05, 3.63) is 46.5 Å². The second kappa shape index (κ2) is 7.66. The van der Waals surface area contributed by atoms with Gasteiger partial charge in [-0.15, -0.1) is 0 Å². The van der Waals surface area contributed by atoms with Crippen molar-refractivity contribution in [2.24, 2.45) is 0 Å². The molecule has 6 nitrogen and oxygen atoms in total. The summed E-state index contributed by atoms with van der Waals surface area (Å²) >= 11 is 6.25. The predicted octanol–water partition coefficient (Wildman–Crippen LogP) is 4.02. The number of fused-ring (bicyclic) bond motifs is 1. The molecular weight excluding hydrogens is 356 g/mol. The average molecular weight is 375 g/mol. The van der Waals surface area contributed by atoms with Crippen molar-refractivity contribution in [2.45, 2.75) is 20.3 Å². The molecule has 2 N–H and O–H groups in total. The second-order valence-corrected chi connectivity index (χ2v) is 6.36. The lowest BCUT2D eigenvalue weighted by Gasteiger charge is -2.14. The summed E-state index contributed by atoms with van der Waals surface area (Å²) in [6.07, 6.45) is 0.752. The maximum atomic E-state index is 12.7. The van der Waals surface area contributed by atoms with Gasteiger partial charge in [-0.05, 0) is 36.8 Å². The van der Waals surface area contributed by atoms with E-state index in [2.05, 4.69) is 10.6 Å². The number of carbonyl (C=O) groups is 2. The van der Waals surface area contributed by atoms with Gasteiger partial charge in [-0.2, -0.15) is 0 Å². The number of carbonyl (C=O) groups excluding carboxylic acids is 2. The minimum absolute atomic E-state index is 0.175. The largest absolute Gasteiger partial charge is 0.489 e. The first-order valence-electron chi connectivity index (χ1n) is 8.23.